The first-order valence-electron chi connectivity index (χ1n) is 7.31. The highest BCUT2D eigenvalue weighted by molar-refractivity contribution is 6.31. The fraction of sp³-hybridized carbons (Fsp3) is 0.118. The lowest BCUT2D eigenvalue weighted by molar-refractivity contribution is 0.628. The second-order valence-corrected chi connectivity index (χ2v) is 5.67. The van der Waals surface area contributed by atoms with Gasteiger partial charge in [0.15, 0.2) is 5.82 Å². The second kappa shape index (κ2) is 7.23. The quantitative estimate of drug-likeness (QED) is 0.722. The zero-order valence-electron chi connectivity index (χ0n) is 12.9. The number of anilines is 3. The third-order valence-electron chi connectivity index (χ3n) is 3.29. The van der Waals surface area contributed by atoms with Crippen LogP contribution >= 0.6 is 11.6 Å². The molecule has 0 bridgehead atoms. The maximum Gasteiger partial charge on any atom is 0.249 e. The molecule has 2 aromatic carbocycles. The Labute approximate surface area is 143 Å². The van der Waals surface area contributed by atoms with Gasteiger partial charge in [0, 0.05) is 12.2 Å². The Hall–Kier alpha value is -2.73. The van der Waals surface area contributed by atoms with Crippen LogP contribution in [0.15, 0.2) is 48.7 Å². The van der Waals surface area contributed by atoms with Gasteiger partial charge in [0.25, 0.3) is 0 Å². The number of aromatic nitrogens is 3. The van der Waals surface area contributed by atoms with Gasteiger partial charge in [0.05, 0.1) is 11.2 Å². The van der Waals surface area contributed by atoms with Crippen molar-refractivity contribution in [1.82, 2.24) is 15.2 Å². The van der Waals surface area contributed by atoms with Crippen LogP contribution in [0.2, 0.25) is 5.02 Å². The van der Waals surface area contributed by atoms with Gasteiger partial charge in [0.2, 0.25) is 5.95 Å². The third kappa shape index (κ3) is 4.17. The highest BCUT2D eigenvalue weighted by Crippen LogP contribution is 2.21. The Bertz CT molecular complexity index is 856. The van der Waals surface area contributed by atoms with Crippen LogP contribution in [-0.4, -0.2) is 15.2 Å². The number of halogens is 2. The molecule has 0 atom stereocenters. The first kappa shape index (κ1) is 16.1. The number of hydrogen-bond donors (Lipinski definition) is 2. The van der Waals surface area contributed by atoms with E-state index in [0.29, 0.717) is 24.0 Å². The van der Waals surface area contributed by atoms with E-state index in [0.717, 1.165) is 5.56 Å². The Balaban J connectivity index is 1.68. The predicted molar refractivity (Wildman–Crippen MR) is 93.0 cm³/mol. The molecule has 0 spiro atoms. The minimum absolute atomic E-state index is 0.0293. The fourth-order valence-electron chi connectivity index (χ4n) is 2.16. The molecule has 3 rings (SSSR count). The van der Waals surface area contributed by atoms with E-state index in [2.05, 4.69) is 31.9 Å². The molecule has 24 heavy (non-hydrogen) atoms. The van der Waals surface area contributed by atoms with E-state index in [9.17, 15) is 4.39 Å². The summed E-state index contributed by atoms with van der Waals surface area (Å²) in [6, 6.07) is 12.5. The molecule has 0 amide bonds. The molecule has 0 aliphatic heterocycles. The maximum atomic E-state index is 13.2. The number of hydrogen-bond acceptors (Lipinski definition) is 5. The minimum Gasteiger partial charge on any atom is -0.365 e. The molecule has 0 aliphatic rings. The normalized spacial score (nSPS) is 10.5. The van der Waals surface area contributed by atoms with Gasteiger partial charge in [-0.1, -0.05) is 41.4 Å². The van der Waals surface area contributed by atoms with Gasteiger partial charge < -0.3 is 10.6 Å². The van der Waals surface area contributed by atoms with Crippen LogP contribution in [0.3, 0.4) is 0 Å². The van der Waals surface area contributed by atoms with Gasteiger partial charge in [-0.2, -0.15) is 10.1 Å². The Morgan fingerprint density at radius 1 is 1.17 bits per heavy atom. The topological polar surface area (TPSA) is 62.7 Å². The summed E-state index contributed by atoms with van der Waals surface area (Å²) in [5.74, 6) is 0.406. The van der Waals surface area contributed by atoms with Gasteiger partial charge in [-0.15, -0.1) is 5.10 Å². The molecule has 0 fully saturated rings. The lowest BCUT2D eigenvalue weighted by Crippen LogP contribution is -2.05. The van der Waals surface area contributed by atoms with Crippen LogP contribution in [0.4, 0.5) is 21.8 Å². The molecule has 1 aromatic heterocycles. The van der Waals surface area contributed by atoms with Gasteiger partial charge in [-0.05, 0) is 30.7 Å². The van der Waals surface area contributed by atoms with Crippen molar-refractivity contribution in [1.29, 1.82) is 0 Å². The van der Waals surface area contributed by atoms with Crippen molar-refractivity contribution in [2.24, 2.45) is 0 Å². The molecule has 7 heteroatoms. The van der Waals surface area contributed by atoms with E-state index >= 15 is 0 Å². The molecular formula is C17H15ClFN5. The smallest absolute Gasteiger partial charge is 0.249 e. The summed E-state index contributed by atoms with van der Waals surface area (Å²) < 4.78 is 13.2. The van der Waals surface area contributed by atoms with Gasteiger partial charge in [0.1, 0.15) is 5.82 Å². The van der Waals surface area contributed by atoms with Crippen LogP contribution in [0.25, 0.3) is 0 Å². The zero-order valence-corrected chi connectivity index (χ0v) is 13.7. The number of rotatable bonds is 5. The summed E-state index contributed by atoms with van der Waals surface area (Å²) >= 11 is 5.76. The van der Waals surface area contributed by atoms with Gasteiger partial charge in [-0.25, -0.2) is 4.39 Å². The predicted octanol–water partition coefficient (Wildman–Crippen LogP) is 4.33. The summed E-state index contributed by atoms with van der Waals surface area (Å²) in [7, 11) is 0. The SMILES string of the molecule is Cc1cccc(CNc2cnnc(Nc3ccc(F)c(Cl)c3)n2)c1. The molecule has 0 radical (unpaired) electrons. The van der Waals surface area contributed by atoms with Gasteiger partial charge in [-0.3, -0.25) is 0 Å². The highest BCUT2D eigenvalue weighted by atomic mass is 35.5. The number of benzene rings is 2. The van der Waals surface area contributed by atoms with Crippen molar-refractivity contribution in [2.75, 3.05) is 10.6 Å². The van der Waals surface area contributed by atoms with Crippen molar-refractivity contribution in [3.05, 3.63) is 70.6 Å². The molecule has 5 nitrogen and oxygen atoms in total. The Kier molecular flexibility index (Phi) is 4.86. The summed E-state index contributed by atoms with van der Waals surface area (Å²) in [5.41, 5.74) is 2.93. The van der Waals surface area contributed by atoms with Crippen LogP contribution < -0.4 is 10.6 Å². The average Bonchev–Trinajstić information content (AvgIpc) is 2.57. The number of aryl methyl sites for hydroxylation is 1. The van der Waals surface area contributed by atoms with Crippen LogP contribution in [0, 0.1) is 12.7 Å². The van der Waals surface area contributed by atoms with E-state index in [1.54, 1.807) is 12.3 Å². The van der Waals surface area contributed by atoms with Crippen molar-refractivity contribution in [2.45, 2.75) is 13.5 Å². The molecule has 2 N–H and O–H groups in total. The molecule has 122 valence electrons. The van der Waals surface area contributed by atoms with E-state index in [1.165, 1.54) is 17.7 Å². The second-order valence-electron chi connectivity index (χ2n) is 5.26. The largest absolute Gasteiger partial charge is 0.365 e. The standard InChI is InChI=1S/C17H15ClFN5/c1-11-3-2-4-12(7-11)9-20-16-10-21-24-17(23-16)22-13-5-6-15(19)14(18)8-13/h2-8,10H,9H2,1H3,(H2,20,22,23,24). The van der Waals surface area contributed by atoms with Crippen molar-refractivity contribution in [3.63, 3.8) is 0 Å². The molecule has 0 aliphatic carbocycles. The molecule has 3 aromatic rings. The Morgan fingerprint density at radius 2 is 2.04 bits per heavy atom. The summed E-state index contributed by atoms with van der Waals surface area (Å²) in [5, 5.41) is 14.0. The maximum absolute atomic E-state index is 13.2. The fourth-order valence-corrected chi connectivity index (χ4v) is 2.34. The summed E-state index contributed by atoms with van der Waals surface area (Å²) in [6.07, 6.45) is 1.54. The Morgan fingerprint density at radius 3 is 2.83 bits per heavy atom. The first-order valence-corrected chi connectivity index (χ1v) is 7.69. The van der Waals surface area contributed by atoms with Crippen LogP contribution in [-0.2, 0) is 6.54 Å². The van der Waals surface area contributed by atoms with Crippen molar-refractivity contribution >= 4 is 29.1 Å². The molecule has 1 heterocycles. The number of nitrogens with zero attached hydrogens (tertiary/aromatic N) is 3. The first-order chi connectivity index (χ1) is 11.6. The summed E-state index contributed by atoms with van der Waals surface area (Å²) in [4.78, 5) is 4.32. The third-order valence-corrected chi connectivity index (χ3v) is 3.58. The highest BCUT2D eigenvalue weighted by Gasteiger charge is 2.04. The van der Waals surface area contributed by atoms with E-state index < -0.39 is 5.82 Å². The lowest BCUT2D eigenvalue weighted by atomic mass is 10.1. The van der Waals surface area contributed by atoms with E-state index in [4.69, 9.17) is 11.6 Å². The van der Waals surface area contributed by atoms with E-state index in [-0.39, 0.29) is 5.02 Å². The number of nitrogens with one attached hydrogen (secondary N) is 2. The van der Waals surface area contributed by atoms with E-state index in [1.807, 2.05) is 25.1 Å². The molecular weight excluding hydrogens is 329 g/mol. The van der Waals surface area contributed by atoms with Crippen LogP contribution in [0.1, 0.15) is 11.1 Å². The lowest BCUT2D eigenvalue weighted by Gasteiger charge is -2.08. The van der Waals surface area contributed by atoms with Crippen molar-refractivity contribution in [3.8, 4) is 0 Å². The van der Waals surface area contributed by atoms with Crippen LogP contribution in [0.5, 0.6) is 0 Å². The monoisotopic (exact) mass is 343 g/mol. The van der Waals surface area contributed by atoms with Crippen molar-refractivity contribution < 1.29 is 4.39 Å². The molecule has 0 saturated heterocycles. The molecule has 0 unspecified atom stereocenters. The molecule has 0 saturated carbocycles. The zero-order chi connectivity index (χ0) is 16.9. The summed E-state index contributed by atoms with van der Waals surface area (Å²) in [6.45, 7) is 2.67. The average molecular weight is 344 g/mol. The minimum atomic E-state index is -0.477. The van der Waals surface area contributed by atoms with Gasteiger partial charge >= 0.3 is 0 Å².